The molecule has 104 valence electrons. The lowest BCUT2D eigenvalue weighted by Gasteiger charge is -2.31. The van der Waals surface area contributed by atoms with Crippen molar-refractivity contribution in [2.75, 3.05) is 32.1 Å². The fourth-order valence-corrected chi connectivity index (χ4v) is 2.18. The first-order valence-corrected chi connectivity index (χ1v) is 7.27. The van der Waals surface area contributed by atoms with Crippen molar-refractivity contribution in [2.45, 2.75) is 26.3 Å². The summed E-state index contributed by atoms with van der Waals surface area (Å²) in [6.07, 6.45) is 0.690. The zero-order valence-corrected chi connectivity index (χ0v) is 11.2. The third-order valence-corrected chi connectivity index (χ3v) is 3.17. The minimum absolute atomic E-state index is 0.0460. The Balaban J connectivity index is 4.45. The van der Waals surface area contributed by atoms with Crippen LogP contribution in [0.2, 0.25) is 0 Å². The van der Waals surface area contributed by atoms with Crippen molar-refractivity contribution in [2.24, 2.45) is 5.92 Å². The molecule has 0 saturated heterocycles. The van der Waals surface area contributed by atoms with Gasteiger partial charge in [-0.25, -0.2) is 8.42 Å². The Hall–Kier alpha value is -0.210. The van der Waals surface area contributed by atoms with E-state index in [-0.39, 0.29) is 32.3 Å². The minimum atomic E-state index is -4.26. The Bertz CT molecular complexity index is 291. The van der Waals surface area contributed by atoms with Crippen LogP contribution >= 0.6 is 0 Å². The molecule has 0 radical (unpaired) electrons. The molecule has 0 aromatic heterocycles. The van der Waals surface area contributed by atoms with E-state index < -0.39 is 15.9 Å². The molecule has 0 aliphatic rings. The van der Waals surface area contributed by atoms with Gasteiger partial charge in [-0.15, -0.1) is 0 Å². The number of hydrogen-bond acceptors (Lipinski definition) is 6. The number of rotatable bonds is 9. The number of aliphatic hydroxyl groups is 2. The monoisotopic (exact) mass is 268 g/mol. The van der Waals surface area contributed by atoms with E-state index in [0.29, 0.717) is 12.3 Å². The van der Waals surface area contributed by atoms with Gasteiger partial charge in [-0.1, -0.05) is 13.8 Å². The van der Waals surface area contributed by atoms with Crippen LogP contribution in [0.25, 0.3) is 0 Å². The van der Waals surface area contributed by atoms with Crippen LogP contribution in [-0.2, 0) is 10.1 Å². The Morgan fingerprint density at radius 1 is 1.24 bits per heavy atom. The van der Waals surface area contributed by atoms with Gasteiger partial charge >= 0.3 is 0 Å². The minimum Gasteiger partial charge on any atom is -0.748 e. The summed E-state index contributed by atoms with van der Waals surface area (Å²) in [5.74, 6) is -0.154. The van der Waals surface area contributed by atoms with Crippen molar-refractivity contribution in [3.8, 4) is 0 Å². The fourth-order valence-electron chi connectivity index (χ4n) is 1.72. The number of nitrogens with zero attached hydrogens (tertiary/aromatic N) is 1. The summed E-state index contributed by atoms with van der Waals surface area (Å²) in [5.41, 5.74) is 0. The molecule has 6 nitrogen and oxygen atoms in total. The molecule has 1 atom stereocenters. The predicted molar refractivity (Wildman–Crippen MR) is 63.6 cm³/mol. The molecule has 0 amide bonds. The molecule has 17 heavy (non-hydrogen) atoms. The quantitative estimate of drug-likeness (QED) is 0.533. The maximum atomic E-state index is 10.6. The van der Waals surface area contributed by atoms with Crippen LogP contribution in [0.5, 0.6) is 0 Å². The Morgan fingerprint density at radius 2 is 1.82 bits per heavy atom. The zero-order chi connectivity index (χ0) is 13.5. The molecule has 0 fully saturated rings. The van der Waals surface area contributed by atoms with Crippen LogP contribution in [0, 0.1) is 5.92 Å². The number of aliphatic hydroxyl groups excluding tert-OH is 2. The van der Waals surface area contributed by atoms with Gasteiger partial charge in [-0.2, -0.15) is 0 Å². The first-order chi connectivity index (χ1) is 7.80. The fraction of sp³-hybridized carbons (Fsp3) is 1.00. The van der Waals surface area contributed by atoms with Crippen molar-refractivity contribution in [1.29, 1.82) is 0 Å². The molecule has 1 unspecified atom stereocenters. The summed E-state index contributed by atoms with van der Waals surface area (Å²) in [4.78, 5) is 1.65. The molecule has 0 aliphatic heterocycles. The summed E-state index contributed by atoms with van der Waals surface area (Å²) >= 11 is 0. The normalized spacial score (nSPS) is 14.5. The standard InChI is InChI=1S/C10H23NO5S/c1-9(2)7-10(8-13)11(3-5-12)4-6-17(14,15)16/h9-10,12-13H,3-8H2,1-2H3,(H,14,15,16)/p-1. The van der Waals surface area contributed by atoms with Crippen LogP contribution in [0.15, 0.2) is 0 Å². The SMILES string of the molecule is CC(C)CC(CO)N(CCO)CCS(=O)(=O)[O-]. The van der Waals surface area contributed by atoms with Crippen molar-refractivity contribution in [3.63, 3.8) is 0 Å². The molecule has 2 N–H and O–H groups in total. The second-order valence-electron chi connectivity index (χ2n) is 4.49. The maximum Gasteiger partial charge on any atom is 0.0958 e. The first-order valence-electron chi connectivity index (χ1n) is 5.69. The molecule has 0 aromatic rings. The Morgan fingerprint density at radius 3 is 2.18 bits per heavy atom. The molecular weight excluding hydrogens is 246 g/mol. The molecule has 0 spiro atoms. The Kier molecular flexibility index (Phi) is 7.89. The summed E-state index contributed by atoms with van der Waals surface area (Å²) in [7, 11) is -4.26. The zero-order valence-electron chi connectivity index (χ0n) is 10.4. The first kappa shape index (κ1) is 16.8. The maximum absolute atomic E-state index is 10.6. The third kappa shape index (κ3) is 8.50. The van der Waals surface area contributed by atoms with Gasteiger partial charge in [0.05, 0.1) is 29.1 Å². The van der Waals surface area contributed by atoms with Crippen molar-refractivity contribution in [3.05, 3.63) is 0 Å². The van der Waals surface area contributed by atoms with Crippen LogP contribution in [0.4, 0.5) is 0 Å². The molecule has 0 aliphatic carbocycles. The van der Waals surface area contributed by atoms with Gasteiger partial charge in [0.25, 0.3) is 0 Å². The van der Waals surface area contributed by atoms with Gasteiger partial charge in [0.1, 0.15) is 0 Å². The van der Waals surface area contributed by atoms with E-state index in [2.05, 4.69) is 0 Å². The highest BCUT2D eigenvalue weighted by atomic mass is 32.2. The second-order valence-corrected chi connectivity index (χ2v) is 6.01. The van der Waals surface area contributed by atoms with E-state index in [1.807, 2.05) is 13.8 Å². The van der Waals surface area contributed by atoms with E-state index in [9.17, 15) is 18.1 Å². The highest BCUT2D eigenvalue weighted by Crippen LogP contribution is 2.11. The summed E-state index contributed by atoms with van der Waals surface area (Å²) in [6, 6.07) is -0.219. The van der Waals surface area contributed by atoms with Crippen LogP contribution in [0.3, 0.4) is 0 Å². The van der Waals surface area contributed by atoms with Crippen LogP contribution in [-0.4, -0.2) is 66.2 Å². The second kappa shape index (κ2) is 7.99. The molecular formula is C10H22NO5S-. The molecule has 7 heteroatoms. The van der Waals surface area contributed by atoms with E-state index in [4.69, 9.17) is 5.11 Å². The number of hydrogen-bond donors (Lipinski definition) is 2. The van der Waals surface area contributed by atoms with Gasteiger partial charge in [0.15, 0.2) is 0 Å². The molecule has 0 saturated carbocycles. The predicted octanol–water partition coefficient (Wildman–Crippen LogP) is -0.767. The van der Waals surface area contributed by atoms with Gasteiger partial charge < -0.3 is 14.8 Å². The van der Waals surface area contributed by atoms with Gasteiger partial charge in [0.2, 0.25) is 0 Å². The van der Waals surface area contributed by atoms with E-state index in [0.717, 1.165) is 0 Å². The van der Waals surface area contributed by atoms with Gasteiger partial charge in [-0.3, -0.25) is 4.90 Å². The highest BCUT2D eigenvalue weighted by Gasteiger charge is 2.18. The topological polar surface area (TPSA) is 101 Å². The average Bonchev–Trinajstić information content (AvgIpc) is 2.19. The molecule has 0 aromatic carbocycles. The largest absolute Gasteiger partial charge is 0.748 e. The Labute approximate surface area is 103 Å². The molecule has 0 heterocycles. The lowest BCUT2D eigenvalue weighted by Crippen LogP contribution is -2.43. The smallest absolute Gasteiger partial charge is 0.0958 e. The third-order valence-electron chi connectivity index (χ3n) is 2.49. The van der Waals surface area contributed by atoms with Crippen LogP contribution in [0.1, 0.15) is 20.3 Å². The van der Waals surface area contributed by atoms with Crippen molar-refractivity contribution >= 4 is 10.1 Å². The lowest BCUT2D eigenvalue weighted by molar-refractivity contribution is 0.0931. The molecule has 0 rings (SSSR count). The summed E-state index contributed by atoms with van der Waals surface area (Å²) in [6.45, 7) is 4.04. The average molecular weight is 268 g/mol. The van der Waals surface area contributed by atoms with Crippen molar-refractivity contribution < 1.29 is 23.2 Å². The van der Waals surface area contributed by atoms with Crippen LogP contribution < -0.4 is 0 Å². The van der Waals surface area contributed by atoms with Gasteiger partial charge in [0, 0.05) is 19.1 Å². The molecule has 0 bridgehead atoms. The van der Waals surface area contributed by atoms with Crippen molar-refractivity contribution in [1.82, 2.24) is 4.90 Å². The summed E-state index contributed by atoms with van der Waals surface area (Å²) < 4.78 is 31.7. The van der Waals surface area contributed by atoms with E-state index in [1.165, 1.54) is 0 Å². The van der Waals surface area contributed by atoms with E-state index >= 15 is 0 Å². The lowest BCUT2D eigenvalue weighted by atomic mass is 10.0. The summed E-state index contributed by atoms with van der Waals surface area (Å²) in [5, 5.41) is 18.1. The van der Waals surface area contributed by atoms with E-state index in [1.54, 1.807) is 4.90 Å². The van der Waals surface area contributed by atoms with Gasteiger partial charge in [-0.05, 0) is 12.3 Å². The highest BCUT2D eigenvalue weighted by molar-refractivity contribution is 7.85.